The third kappa shape index (κ3) is 4.78. The summed E-state index contributed by atoms with van der Waals surface area (Å²) < 4.78 is 38.0. The average Bonchev–Trinajstić information content (AvgIpc) is 2.71. The SMILES string of the molecule is CN(C)C(=O)CN(CC(F)(F)F)C(=O)c1sccc1Br. The van der Waals surface area contributed by atoms with Crippen molar-refractivity contribution < 1.29 is 22.8 Å². The molecule has 0 aliphatic heterocycles. The Bertz CT molecular complexity index is 502. The third-order valence-corrected chi connectivity index (χ3v) is 4.12. The molecule has 0 aliphatic rings. The summed E-state index contributed by atoms with van der Waals surface area (Å²) >= 11 is 4.11. The highest BCUT2D eigenvalue weighted by Gasteiger charge is 2.35. The molecule has 1 aromatic rings. The van der Waals surface area contributed by atoms with Crippen LogP contribution >= 0.6 is 27.3 Å². The summed E-state index contributed by atoms with van der Waals surface area (Å²) in [7, 11) is 2.83. The predicted molar refractivity (Wildman–Crippen MR) is 72.7 cm³/mol. The summed E-state index contributed by atoms with van der Waals surface area (Å²) in [5.41, 5.74) is 0. The lowest BCUT2D eigenvalue weighted by atomic mass is 10.3. The van der Waals surface area contributed by atoms with Crippen LogP contribution in [0, 0.1) is 0 Å². The fourth-order valence-electron chi connectivity index (χ4n) is 1.31. The van der Waals surface area contributed by atoms with E-state index in [1.807, 2.05) is 0 Å². The van der Waals surface area contributed by atoms with Crippen LogP contribution < -0.4 is 0 Å². The molecule has 0 saturated heterocycles. The van der Waals surface area contributed by atoms with E-state index in [4.69, 9.17) is 0 Å². The molecule has 0 bridgehead atoms. The van der Waals surface area contributed by atoms with Crippen molar-refractivity contribution in [3.05, 3.63) is 20.8 Å². The van der Waals surface area contributed by atoms with E-state index in [-0.39, 0.29) is 4.88 Å². The van der Waals surface area contributed by atoms with Crippen molar-refractivity contribution in [3.8, 4) is 0 Å². The van der Waals surface area contributed by atoms with Crippen LogP contribution in [-0.4, -0.2) is 55.0 Å². The van der Waals surface area contributed by atoms with Crippen LogP contribution in [-0.2, 0) is 4.79 Å². The second kappa shape index (κ2) is 6.57. The predicted octanol–water partition coefficient (Wildman–Crippen LogP) is 2.60. The topological polar surface area (TPSA) is 40.6 Å². The Morgan fingerprint density at radius 3 is 2.35 bits per heavy atom. The summed E-state index contributed by atoms with van der Waals surface area (Å²) in [6.45, 7) is -2.08. The first-order valence-electron chi connectivity index (χ1n) is 5.41. The number of thiophene rings is 1. The quantitative estimate of drug-likeness (QED) is 0.814. The number of carbonyl (C=O) groups excluding carboxylic acids is 2. The second-order valence-electron chi connectivity index (χ2n) is 4.16. The highest BCUT2D eigenvalue weighted by atomic mass is 79.9. The molecule has 0 saturated carbocycles. The molecule has 4 nitrogen and oxygen atoms in total. The molecule has 0 unspecified atom stereocenters. The Morgan fingerprint density at radius 2 is 1.95 bits per heavy atom. The first-order valence-corrected chi connectivity index (χ1v) is 7.08. The number of likely N-dealkylation sites (N-methyl/N-ethyl adjacent to an activating group) is 1. The van der Waals surface area contributed by atoms with Gasteiger partial charge in [0.05, 0.1) is 0 Å². The lowest BCUT2D eigenvalue weighted by molar-refractivity contribution is -0.146. The van der Waals surface area contributed by atoms with Crippen LogP contribution in [0.15, 0.2) is 15.9 Å². The van der Waals surface area contributed by atoms with Crippen LogP contribution in [0.5, 0.6) is 0 Å². The number of amides is 2. The fraction of sp³-hybridized carbons (Fsp3) is 0.455. The number of hydrogen-bond acceptors (Lipinski definition) is 3. The normalized spacial score (nSPS) is 11.3. The van der Waals surface area contributed by atoms with Crippen LogP contribution in [0.4, 0.5) is 13.2 Å². The molecule has 0 N–H and O–H groups in total. The van der Waals surface area contributed by atoms with E-state index in [1.165, 1.54) is 14.1 Å². The molecule has 20 heavy (non-hydrogen) atoms. The summed E-state index contributed by atoms with van der Waals surface area (Å²) in [5.74, 6) is -1.39. The molecule has 0 fully saturated rings. The number of hydrogen-bond donors (Lipinski definition) is 0. The Balaban J connectivity index is 2.95. The molecule has 2 amide bonds. The number of carbonyl (C=O) groups is 2. The van der Waals surface area contributed by atoms with Crippen molar-refractivity contribution in [1.82, 2.24) is 9.80 Å². The van der Waals surface area contributed by atoms with Crippen molar-refractivity contribution in [2.75, 3.05) is 27.2 Å². The van der Waals surface area contributed by atoms with Crippen molar-refractivity contribution in [1.29, 1.82) is 0 Å². The largest absolute Gasteiger partial charge is 0.406 e. The van der Waals surface area contributed by atoms with E-state index in [2.05, 4.69) is 15.9 Å². The fourth-order valence-corrected chi connectivity index (χ4v) is 2.82. The van der Waals surface area contributed by atoms with Crippen LogP contribution in [0.25, 0.3) is 0 Å². The molecule has 0 atom stereocenters. The van der Waals surface area contributed by atoms with E-state index >= 15 is 0 Å². The van der Waals surface area contributed by atoms with E-state index in [9.17, 15) is 22.8 Å². The minimum atomic E-state index is -4.56. The Hall–Kier alpha value is -1.09. The molecule has 0 aromatic carbocycles. The number of nitrogens with zero attached hydrogens (tertiary/aromatic N) is 2. The Morgan fingerprint density at radius 1 is 1.35 bits per heavy atom. The van der Waals surface area contributed by atoms with Crippen molar-refractivity contribution in [2.24, 2.45) is 0 Å². The summed E-state index contributed by atoms with van der Waals surface area (Å²) in [6, 6.07) is 1.57. The zero-order valence-corrected chi connectivity index (χ0v) is 13.1. The van der Waals surface area contributed by atoms with E-state index < -0.39 is 31.1 Å². The van der Waals surface area contributed by atoms with Gasteiger partial charge in [0.25, 0.3) is 5.91 Å². The molecular formula is C11H12BrF3N2O2S. The Labute approximate surface area is 126 Å². The van der Waals surface area contributed by atoms with E-state index in [0.29, 0.717) is 9.37 Å². The first-order chi connectivity index (χ1) is 9.11. The maximum Gasteiger partial charge on any atom is 0.406 e. The van der Waals surface area contributed by atoms with Gasteiger partial charge in [-0.3, -0.25) is 9.59 Å². The number of rotatable bonds is 4. The minimum absolute atomic E-state index is 0.140. The smallest absolute Gasteiger partial charge is 0.347 e. The van der Waals surface area contributed by atoms with Crippen LogP contribution in [0.3, 0.4) is 0 Å². The summed E-state index contributed by atoms with van der Waals surface area (Å²) in [5, 5.41) is 1.58. The van der Waals surface area contributed by atoms with Gasteiger partial charge >= 0.3 is 6.18 Å². The van der Waals surface area contributed by atoms with Gasteiger partial charge < -0.3 is 9.80 Å². The van der Waals surface area contributed by atoms with Gasteiger partial charge in [-0.1, -0.05) is 0 Å². The zero-order chi connectivity index (χ0) is 15.5. The molecule has 0 spiro atoms. The molecule has 9 heteroatoms. The summed E-state index contributed by atoms with van der Waals surface area (Å²) in [4.78, 5) is 25.4. The first kappa shape index (κ1) is 17.0. The molecule has 1 rings (SSSR count). The lowest BCUT2D eigenvalue weighted by Gasteiger charge is -2.24. The molecule has 112 valence electrons. The minimum Gasteiger partial charge on any atom is -0.347 e. The standard InChI is InChI=1S/C11H12BrF3N2O2S/c1-16(2)8(18)5-17(6-11(13,14)15)10(19)9-7(12)3-4-20-9/h3-4H,5-6H2,1-2H3. The monoisotopic (exact) mass is 372 g/mol. The van der Waals surface area contributed by atoms with Gasteiger partial charge in [-0.15, -0.1) is 11.3 Å². The van der Waals surface area contributed by atoms with E-state index in [0.717, 1.165) is 16.2 Å². The van der Waals surface area contributed by atoms with Crippen molar-refractivity contribution in [3.63, 3.8) is 0 Å². The van der Waals surface area contributed by atoms with Gasteiger partial charge in [-0.2, -0.15) is 13.2 Å². The van der Waals surface area contributed by atoms with Gasteiger partial charge in [-0.05, 0) is 27.4 Å². The summed E-state index contributed by atoms with van der Waals surface area (Å²) in [6.07, 6.45) is -4.56. The number of alkyl halides is 3. The van der Waals surface area contributed by atoms with Gasteiger partial charge in [0.15, 0.2) is 0 Å². The molecule has 0 aliphatic carbocycles. The second-order valence-corrected chi connectivity index (χ2v) is 5.93. The molecule has 1 heterocycles. The van der Waals surface area contributed by atoms with E-state index in [1.54, 1.807) is 11.4 Å². The highest BCUT2D eigenvalue weighted by Crippen LogP contribution is 2.26. The Kier molecular flexibility index (Phi) is 5.58. The van der Waals surface area contributed by atoms with Gasteiger partial charge in [0.1, 0.15) is 18.0 Å². The van der Waals surface area contributed by atoms with Crippen molar-refractivity contribution >= 4 is 39.1 Å². The van der Waals surface area contributed by atoms with Crippen LogP contribution in [0.1, 0.15) is 9.67 Å². The maximum absolute atomic E-state index is 12.5. The molecule has 0 radical (unpaired) electrons. The molecule has 1 aromatic heterocycles. The third-order valence-electron chi connectivity index (χ3n) is 2.29. The van der Waals surface area contributed by atoms with Gasteiger partial charge in [0.2, 0.25) is 5.91 Å². The maximum atomic E-state index is 12.5. The zero-order valence-electron chi connectivity index (χ0n) is 10.7. The molecular weight excluding hydrogens is 361 g/mol. The number of halogens is 4. The van der Waals surface area contributed by atoms with Gasteiger partial charge in [0, 0.05) is 18.6 Å². The van der Waals surface area contributed by atoms with Gasteiger partial charge in [-0.25, -0.2) is 0 Å². The van der Waals surface area contributed by atoms with Crippen molar-refractivity contribution in [2.45, 2.75) is 6.18 Å². The van der Waals surface area contributed by atoms with Crippen LogP contribution in [0.2, 0.25) is 0 Å². The lowest BCUT2D eigenvalue weighted by Crippen LogP contribution is -2.44. The highest BCUT2D eigenvalue weighted by molar-refractivity contribution is 9.10. The average molecular weight is 373 g/mol.